The zero-order valence-corrected chi connectivity index (χ0v) is 30.6. The molecule has 6 heteroatoms. The molecule has 8 rings (SSSR count). The van der Waals surface area contributed by atoms with Crippen molar-refractivity contribution in [2.24, 2.45) is 0 Å². The molecule has 0 atom stereocenters. The van der Waals surface area contributed by atoms with E-state index < -0.39 is 0 Å². The molecule has 0 radical (unpaired) electrons. The monoisotopic (exact) mass is 816 g/mol. The van der Waals surface area contributed by atoms with Crippen LogP contribution in [0.3, 0.4) is 0 Å². The van der Waals surface area contributed by atoms with E-state index in [-0.39, 0.29) is 31.9 Å². The van der Waals surface area contributed by atoms with E-state index in [0.29, 0.717) is 11.2 Å². The Hall–Kier alpha value is -5.04. The second-order valence-electron chi connectivity index (χ2n) is 14.5. The zero-order valence-electron chi connectivity index (χ0n) is 28.4. The van der Waals surface area contributed by atoms with Gasteiger partial charge < -0.3 is 14.1 Å². The molecular formula is C43H35N5Pt. The Morgan fingerprint density at radius 3 is 1.88 bits per heavy atom. The van der Waals surface area contributed by atoms with Gasteiger partial charge in [-0.3, -0.25) is 0 Å². The molecule has 8 aromatic rings. The molecule has 0 fully saturated rings. The number of nitriles is 1. The number of hydrogen-bond acceptors (Lipinski definition) is 3. The molecule has 4 aromatic heterocycles. The molecule has 0 amide bonds. The molecule has 0 aliphatic rings. The van der Waals surface area contributed by atoms with Crippen LogP contribution in [0.5, 0.6) is 0 Å². The number of pyridine rings is 2. The fourth-order valence-electron chi connectivity index (χ4n) is 6.81. The number of aromatic nitrogens is 4. The summed E-state index contributed by atoms with van der Waals surface area (Å²) in [5.74, 6) is 0. The molecule has 49 heavy (non-hydrogen) atoms. The van der Waals surface area contributed by atoms with E-state index in [2.05, 4.69) is 130 Å². The molecule has 5 nitrogen and oxygen atoms in total. The Morgan fingerprint density at radius 2 is 1.27 bits per heavy atom. The SMILES string of the molecule is CC(C)(C)c1cc[c-]c(-n2c3ccccc3c3c(C#N)c4c5ccccc5n(-c5[c-]c(-c6cc(C(C)(C)C)ccn6)ccc5)c4nc32)c1.[Pt+2]. The third-order valence-electron chi connectivity index (χ3n) is 9.34. The first-order valence-electron chi connectivity index (χ1n) is 16.3. The quantitative estimate of drug-likeness (QED) is 0.167. The summed E-state index contributed by atoms with van der Waals surface area (Å²) in [5, 5.41) is 14.6. The van der Waals surface area contributed by atoms with Crippen molar-refractivity contribution in [2.45, 2.75) is 52.4 Å². The van der Waals surface area contributed by atoms with Gasteiger partial charge in [0.05, 0.1) is 16.6 Å². The minimum atomic E-state index is -0.0460. The molecule has 4 heterocycles. The Bertz CT molecular complexity index is 2600. The van der Waals surface area contributed by atoms with Gasteiger partial charge in [0.25, 0.3) is 0 Å². The van der Waals surface area contributed by atoms with Gasteiger partial charge in [0.15, 0.2) is 0 Å². The third kappa shape index (κ3) is 5.27. The Kier molecular flexibility index (Phi) is 7.85. The summed E-state index contributed by atoms with van der Waals surface area (Å²) in [6, 6.07) is 42.9. The maximum absolute atomic E-state index is 10.9. The van der Waals surface area contributed by atoms with E-state index in [1.807, 2.05) is 42.6 Å². The van der Waals surface area contributed by atoms with Crippen LogP contribution in [0.2, 0.25) is 0 Å². The molecule has 0 aliphatic carbocycles. The fraction of sp³-hybridized carbons (Fsp3) is 0.186. The maximum atomic E-state index is 10.9. The van der Waals surface area contributed by atoms with Gasteiger partial charge in [-0.25, -0.2) is 4.98 Å². The number of rotatable bonds is 3. The van der Waals surface area contributed by atoms with Crippen molar-refractivity contribution >= 4 is 43.9 Å². The van der Waals surface area contributed by atoms with Crippen LogP contribution in [0.15, 0.2) is 103 Å². The van der Waals surface area contributed by atoms with Gasteiger partial charge >= 0.3 is 21.1 Å². The van der Waals surface area contributed by atoms with Crippen LogP contribution in [-0.2, 0) is 31.9 Å². The van der Waals surface area contributed by atoms with Crippen molar-refractivity contribution < 1.29 is 21.1 Å². The third-order valence-corrected chi connectivity index (χ3v) is 9.34. The van der Waals surface area contributed by atoms with Crippen molar-refractivity contribution in [2.75, 3.05) is 0 Å². The average molecular weight is 817 g/mol. The van der Waals surface area contributed by atoms with E-state index in [4.69, 9.17) is 9.97 Å². The number of fused-ring (bicyclic) bond motifs is 6. The summed E-state index contributed by atoms with van der Waals surface area (Å²) in [4.78, 5) is 10.2. The number of hydrogen-bond donors (Lipinski definition) is 0. The van der Waals surface area contributed by atoms with E-state index in [9.17, 15) is 5.26 Å². The summed E-state index contributed by atoms with van der Waals surface area (Å²) in [7, 11) is 0. The molecule has 0 spiro atoms. The molecule has 0 unspecified atom stereocenters. The summed E-state index contributed by atoms with van der Waals surface area (Å²) < 4.78 is 4.30. The topological polar surface area (TPSA) is 59.4 Å². The van der Waals surface area contributed by atoms with Crippen molar-refractivity contribution in [3.8, 4) is 28.7 Å². The van der Waals surface area contributed by atoms with Crippen LogP contribution >= 0.6 is 0 Å². The van der Waals surface area contributed by atoms with Crippen molar-refractivity contribution in [1.82, 2.24) is 19.1 Å². The van der Waals surface area contributed by atoms with Crippen LogP contribution in [0.25, 0.3) is 66.5 Å². The Balaban J connectivity index is 0.00000378. The zero-order chi connectivity index (χ0) is 33.4. The van der Waals surface area contributed by atoms with E-state index in [1.54, 1.807) is 0 Å². The summed E-state index contributed by atoms with van der Waals surface area (Å²) in [6.07, 6.45) is 1.87. The Labute approximate surface area is 301 Å². The second kappa shape index (κ2) is 11.8. The molecule has 0 aliphatic heterocycles. The minimum Gasteiger partial charge on any atom is -0.318 e. The first-order chi connectivity index (χ1) is 23.0. The predicted octanol–water partition coefficient (Wildman–Crippen LogP) is 10.4. The number of para-hydroxylation sites is 2. The number of nitrogens with zero attached hydrogens (tertiary/aromatic N) is 5. The maximum Gasteiger partial charge on any atom is 2.00 e. The van der Waals surface area contributed by atoms with Crippen LogP contribution in [0.1, 0.15) is 58.2 Å². The van der Waals surface area contributed by atoms with Gasteiger partial charge in [-0.2, -0.15) is 29.0 Å². The van der Waals surface area contributed by atoms with Crippen molar-refractivity contribution in [1.29, 1.82) is 5.26 Å². The van der Waals surface area contributed by atoms with E-state index >= 15 is 0 Å². The van der Waals surface area contributed by atoms with E-state index in [1.165, 1.54) is 11.1 Å². The van der Waals surface area contributed by atoms with Gasteiger partial charge in [-0.05, 0) is 46.0 Å². The van der Waals surface area contributed by atoms with Crippen LogP contribution < -0.4 is 0 Å². The second-order valence-corrected chi connectivity index (χ2v) is 14.5. The molecule has 242 valence electrons. The molecule has 0 saturated carbocycles. The van der Waals surface area contributed by atoms with Gasteiger partial charge in [0.1, 0.15) is 17.4 Å². The summed E-state index contributed by atoms with van der Waals surface area (Å²) >= 11 is 0. The van der Waals surface area contributed by atoms with Crippen LogP contribution in [-0.4, -0.2) is 19.1 Å². The Morgan fingerprint density at radius 1 is 0.673 bits per heavy atom. The smallest absolute Gasteiger partial charge is 0.318 e. The summed E-state index contributed by atoms with van der Waals surface area (Å²) in [6.45, 7) is 13.3. The minimum absolute atomic E-state index is 0. The van der Waals surface area contributed by atoms with E-state index in [0.717, 1.165) is 60.9 Å². The van der Waals surface area contributed by atoms with Crippen molar-refractivity contribution in [3.05, 3.63) is 132 Å². The van der Waals surface area contributed by atoms with Gasteiger partial charge in [0, 0.05) is 27.7 Å². The fourth-order valence-corrected chi connectivity index (χ4v) is 6.81. The predicted molar refractivity (Wildman–Crippen MR) is 196 cm³/mol. The molecule has 0 bridgehead atoms. The molecular weight excluding hydrogens is 782 g/mol. The van der Waals surface area contributed by atoms with Crippen LogP contribution in [0, 0.1) is 23.5 Å². The first-order valence-corrected chi connectivity index (χ1v) is 16.3. The summed E-state index contributed by atoms with van der Waals surface area (Å²) in [5.41, 5.74) is 9.86. The molecule has 0 N–H and O–H groups in total. The average Bonchev–Trinajstić information content (AvgIpc) is 3.59. The van der Waals surface area contributed by atoms with Crippen molar-refractivity contribution in [3.63, 3.8) is 0 Å². The largest absolute Gasteiger partial charge is 2.00 e. The molecule has 0 saturated heterocycles. The standard InChI is InChI=1S/C43H35N5.Pt/c1-42(2,3)28-14-12-16-31(24-28)48-37-20-10-8-18-33(37)39-34(26-44)38-32-17-7-9-19-36(32)47(40(38)46-41(39)48)30-15-11-13-27(23-30)35-25-29(21-22-45-35)43(4,5)6;/h7-15,17-22,24-25H,1-6H3;/q-2;+2. The number of benzene rings is 4. The van der Waals surface area contributed by atoms with Gasteiger partial charge in [-0.1, -0.05) is 89.7 Å². The van der Waals surface area contributed by atoms with Crippen LogP contribution in [0.4, 0.5) is 0 Å². The molecule has 4 aromatic carbocycles. The van der Waals surface area contributed by atoms with Gasteiger partial charge in [0.2, 0.25) is 0 Å². The first kappa shape index (κ1) is 32.5. The normalized spacial score (nSPS) is 12.1. The van der Waals surface area contributed by atoms with Gasteiger partial charge in [-0.15, -0.1) is 35.9 Å².